The van der Waals surface area contributed by atoms with Crippen molar-refractivity contribution in [2.75, 3.05) is 13.4 Å². The molecule has 3 aromatic rings. The zero-order chi connectivity index (χ0) is 24.5. The average molecular weight is 489 g/mol. The maximum Gasteiger partial charge on any atom is 0.340 e. The van der Waals surface area contributed by atoms with E-state index >= 15 is 0 Å². The van der Waals surface area contributed by atoms with E-state index in [0.717, 1.165) is 12.1 Å². The van der Waals surface area contributed by atoms with Crippen LogP contribution in [0.25, 0.3) is 0 Å². The molecule has 1 aliphatic heterocycles. The molecule has 1 aliphatic rings. The predicted octanol–water partition coefficient (Wildman–Crippen LogP) is 4.07. The summed E-state index contributed by atoms with van der Waals surface area (Å²) in [7, 11) is -4.02. The van der Waals surface area contributed by atoms with Gasteiger partial charge < -0.3 is 19.2 Å². The second-order valence-electron chi connectivity index (χ2n) is 7.86. The lowest BCUT2D eigenvalue weighted by atomic mass is 10.1. The number of sulfonamides is 1. The molecule has 180 valence electrons. The Hall–Kier alpha value is -3.37. The lowest BCUT2D eigenvalue weighted by molar-refractivity contribution is 0.0525. The molecule has 4 rings (SSSR count). The Bertz CT molecular complexity index is 1320. The Balaban J connectivity index is 1.72. The Labute approximate surface area is 197 Å². The highest BCUT2D eigenvalue weighted by atomic mass is 32.2. The number of hydrogen-bond acceptors (Lipinski definition) is 6. The van der Waals surface area contributed by atoms with Crippen LogP contribution in [0.1, 0.15) is 39.8 Å². The maximum atomic E-state index is 13.6. The molecule has 0 atom stereocenters. The number of halogens is 1. The van der Waals surface area contributed by atoms with Gasteiger partial charge in [-0.3, -0.25) is 0 Å². The predicted molar refractivity (Wildman–Crippen MR) is 122 cm³/mol. The van der Waals surface area contributed by atoms with E-state index < -0.39 is 21.8 Å². The number of nitrogens with zero attached hydrogens (tertiary/aromatic N) is 1. The van der Waals surface area contributed by atoms with E-state index in [1.54, 1.807) is 39.0 Å². The van der Waals surface area contributed by atoms with Gasteiger partial charge in [0.05, 0.1) is 23.6 Å². The summed E-state index contributed by atoms with van der Waals surface area (Å²) in [5.41, 5.74) is 2.83. The molecule has 1 N–H and O–H groups in total. The summed E-state index contributed by atoms with van der Waals surface area (Å²) in [4.78, 5) is 15.5. The molecule has 0 fully saturated rings. The molecule has 0 spiro atoms. The van der Waals surface area contributed by atoms with Crippen molar-refractivity contribution in [3.63, 3.8) is 0 Å². The molecule has 2 aromatic carbocycles. The third-order valence-electron chi connectivity index (χ3n) is 5.60. The smallest absolute Gasteiger partial charge is 0.340 e. The first-order valence-electron chi connectivity index (χ1n) is 10.7. The van der Waals surface area contributed by atoms with Gasteiger partial charge in [0.2, 0.25) is 16.8 Å². The third kappa shape index (κ3) is 4.64. The van der Waals surface area contributed by atoms with Crippen molar-refractivity contribution in [3.05, 3.63) is 76.4 Å². The summed E-state index contributed by atoms with van der Waals surface area (Å²) in [5, 5.41) is 0. The van der Waals surface area contributed by atoms with Crippen LogP contribution >= 0.6 is 0 Å². The highest BCUT2D eigenvalue weighted by Gasteiger charge is 2.29. The summed E-state index contributed by atoms with van der Waals surface area (Å²) in [6.45, 7) is 5.51. The van der Waals surface area contributed by atoms with Crippen molar-refractivity contribution in [1.82, 2.24) is 9.29 Å². The molecule has 0 aliphatic carbocycles. The van der Waals surface area contributed by atoms with Gasteiger partial charge in [0.1, 0.15) is 5.82 Å². The number of H-pyrrole nitrogens is 1. The van der Waals surface area contributed by atoms with E-state index in [-0.39, 0.29) is 31.4 Å². The fourth-order valence-corrected chi connectivity index (χ4v) is 5.28. The number of benzene rings is 2. The molecule has 0 saturated carbocycles. The molecule has 2 heterocycles. The topological polar surface area (TPSA) is 97.9 Å². The van der Waals surface area contributed by atoms with Crippen molar-refractivity contribution in [2.24, 2.45) is 0 Å². The van der Waals surface area contributed by atoms with Crippen LogP contribution < -0.4 is 9.47 Å². The molecular formula is C24H25FN2O6S. The number of aromatic nitrogens is 1. The second-order valence-corrected chi connectivity index (χ2v) is 9.80. The van der Waals surface area contributed by atoms with Gasteiger partial charge in [0.25, 0.3) is 0 Å². The average Bonchev–Trinajstić information content (AvgIpc) is 3.37. The Morgan fingerprint density at radius 2 is 1.79 bits per heavy atom. The van der Waals surface area contributed by atoms with E-state index in [0.29, 0.717) is 39.6 Å². The second kappa shape index (κ2) is 9.47. The minimum atomic E-state index is -4.02. The number of rotatable bonds is 8. The minimum absolute atomic E-state index is 0.0165. The van der Waals surface area contributed by atoms with Crippen LogP contribution in [0.4, 0.5) is 4.39 Å². The molecule has 1 aromatic heterocycles. The first-order chi connectivity index (χ1) is 16.2. The van der Waals surface area contributed by atoms with Crippen LogP contribution in [0.5, 0.6) is 11.5 Å². The summed E-state index contributed by atoms with van der Waals surface area (Å²) in [5.74, 6) is 0.125. The zero-order valence-electron chi connectivity index (χ0n) is 19.1. The number of aryl methyl sites for hydroxylation is 1. The van der Waals surface area contributed by atoms with Crippen LogP contribution in [0.3, 0.4) is 0 Å². The number of carbonyl (C=O) groups is 1. The Morgan fingerprint density at radius 3 is 2.50 bits per heavy atom. The summed E-state index contributed by atoms with van der Waals surface area (Å²) in [6.07, 6.45) is 0. The third-order valence-corrected chi connectivity index (χ3v) is 7.41. The molecule has 34 heavy (non-hydrogen) atoms. The van der Waals surface area contributed by atoms with Gasteiger partial charge >= 0.3 is 5.97 Å². The largest absolute Gasteiger partial charge is 0.462 e. The highest BCUT2D eigenvalue weighted by Crippen LogP contribution is 2.34. The number of aromatic amines is 1. The monoisotopic (exact) mass is 488 g/mol. The quantitative estimate of drug-likeness (QED) is 0.480. The van der Waals surface area contributed by atoms with Crippen molar-refractivity contribution >= 4 is 16.0 Å². The Kier molecular flexibility index (Phi) is 6.63. The summed E-state index contributed by atoms with van der Waals surface area (Å²) >= 11 is 0. The van der Waals surface area contributed by atoms with E-state index in [2.05, 4.69) is 4.98 Å². The van der Waals surface area contributed by atoms with Crippen LogP contribution in [0.15, 0.2) is 47.4 Å². The van der Waals surface area contributed by atoms with Crippen molar-refractivity contribution in [3.8, 4) is 11.5 Å². The first kappa shape index (κ1) is 23.8. The van der Waals surface area contributed by atoms with Gasteiger partial charge in [0.15, 0.2) is 11.5 Å². The van der Waals surface area contributed by atoms with Gasteiger partial charge in [-0.1, -0.05) is 6.07 Å². The molecule has 0 bridgehead atoms. The van der Waals surface area contributed by atoms with Crippen LogP contribution in [-0.4, -0.2) is 37.1 Å². The number of nitrogens with one attached hydrogen (secondary N) is 1. The molecule has 0 amide bonds. The van der Waals surface area contributed by atoms with E-state index in [9.17, 15) is 17.6 Å². The fraction of sp³-hybridized carbons (Fsp3) is 0.292. The van der Waals surface area contributed by atoms with Gasteiger partial charge in [-0.15, -0.1) is 0 Å². The van der Waals surface area contributed by atoms with Crippen molar-refractivity contribution in [1.29, 1.82) is 0 Å². The van der Waals surface area contributed by atoms with Gasteiger partial charge in [-0.05, 0) is 68.3 Å². The number of carbonyl (C=O) groups excluding carboxylic acids is 1. The van der Waals surface area contributed by atoms with E-state index in [1.807, 2.05) is 0 Å². The zero-order valence-corrected chi connectivity index (χ0v) is 19.9. The number of hydrogen-bond donors (Lipinski definition) is 1. The Morgan fingerprint density at radius 1 is 1.09 bits per heavy atom. The summed E-state index contributed by atoms with van der Waals surface area (Å²) < 4.78 is 57.8. The molecular weight excluding hydrogens is 463 g/mol. The van der Waals surface area contributed by atoms with Gasteiger partial charge in [-0.25, -0.2) is 17.6 Å². The van der Waals surface area contributed by atoms with E-state index in [1.165, 1.54) is 16.4 Å². The molecule has 10 heteroatoms. The van der Waals surface area contributed by atoms with Gasteiger partial charge in [-0.2, -0.15) is 4.31 Å². The molecule has 8 nitrogen and oxygen atoms in total. The van der Waals surface area contributed by atoms with Crippen LogP contribution in [0.2, 0.25) is 0 Å². The normalized spacial score (nSPS) is 12.9. The lowest BCUT2D eigenvalue weighted by Gasteiger charge is -2.22. The minimum Gasteiger partial charge on any atom is -0.462 e. The number of ether oxygens (including phenoxy) is 3. The van der Waals surface area contributed by atoms with Crippen molar-refractivity contribution < 1.29 is 31.8 Å². The standard InChI is InChI=1S/C24H25FN2O6S/c1-4-31-24(28)23-15(2)20(26-16(23)3)13-27(34(29,30)19-8-6-18(25)7-9-19)12-17-5-10-21-22(11-17)33-14-32-21/h5-11,26H,4,12-14H2,1-3H3. The SMILES string of the molecule is CCOC(=O)c1c(C)[nH]c(CN(Cc2ccc3c(c2)OCO3)S(=O)(=O)c2ccc(F)cc2)c1C. The summed E-state index contributed by atoms with van der Waals surface area (Å²) in [6, 6.07) is 9.89. The number of fused-ring (bicyclic) bond motifs is 1. The lowest BCUT2D eigenvalue weighted by Crippen LogP contribution is -2.30. The molecule has 0 saturated heterocycles. The fourth-order valence-electron chi connectivity index (χ4n) is 3.88. The van der Waals surface area contributed by atoms with Crippen LogP contribution in [-0.2, 0) is 27.8 Å². The highest BCUT2D eigenvalue weighted by molar-refractivity contribution is 7.89. The molecule has 0 unspecified atom stereocenters. The number of esters is 1. The van der Waals surface area contributed by atoms with Gasteiger partial charge in [0, 0.05) is 17.9 Å². The van der Waals surface area contributed by atoms with Crippen LogP contribution in [0, 0.1) is 19.7 Å². The van der Waals surface area contributed by atoms with Crippen molar-refractivity contribution in [2.45, 2.75) is 38.8 Å². The molecule has 0 radical (unpaired) electrons. The van der Waals surface area contributed by atoms with E-state index in [4.69, 9.17) is 14.2 Å². The first-order valence-corrected chi connectivity index (χ1v) is 12.1. The maximum absolute atomic E-state index is 13.6.